The second kappa shape index (κ2) is 4.43. The van der Waals surface area contributed by atoms with Gasteiger partial charge in [-0.3, -0.25) is 0 Å². The summed E-state index contributed by atoms with van der Waals surface area (Å²) >= 11 is 0. The normalized spacial score (nSPS) is 19.5. The van der Waals surface area contributed by atoms with Crippen molar-refractivity contribution in [1.82, 2.24) is 0 Å². The average molecular weight is 178 g/mol. The number of hydrogen-bond donors (Lipinski definition) is 1. The predicted molar refractivity (Wildman–Crippen MR) is 56.4 cm³/mol. The minimum Gasteiger partial charge on any atom is -0.381 e. The van der Waals surface area contributed by atoms with E-state index in [-0.39, 0.29) is 5.92 Å². The molecule has 13 heavy (non-hydrogen) atoms. The highest BCUT2D eigenvalue weighted by atomic mass is 16.3. The van der Waals surface area contributed by atoms with Gasteiger partial charge in [0.1, 0.15) is 5.60 Å². The number of hydrogen-bond acceptors (Lipinski definition) is 1. The molecular formula is C12H18O. The fraction of sp³-hybridized carbons (Fsp3) is 0.500. The lowest BCUT2D eigenvalue weighted by atomic mass is 9.82. The highest BCUT2D eigenvalue weighted by Gasteiger charge is 2.29. The Kier molecular flexibility index (Phi) is 3.49. The molecule has 0 amide bonds. The average Bonchev–Trinajstić information content (AvgIpc) is 2.45. The predicted octanol–water partition coefficient (Wildman–Crippen LogP) is 2.84. The van der Waals surface area contributed by atoms with Gasteiger partial charge in [0.05, 0.1) is 0 Å². The van der Waals surface area contributed by atoms with Crippen LogP contribution in [0.25, 0.3) is 0 Å². The molecule has 0 heterocycles. The second-order valence-electron chi connectivity index (χ2n) is 3.62. The lowest BCUT2D eigenvalue weighted by Gasteiger charge is -2.29. The number of allylic oxidation sites excluding steroid dienone is 2. The van der Waals surface area contributed by atoms with Gasteiger partial charge in [-0.25, -0.2) is 0 Å². The van der Waals surface area contributed by atoms with Crippen molar-refractivity contribution in [2.24, 2.45) is 5.92 Å². The first-order chi connectivity index (χ1) is 6.23. The second-order valence-corrected chi connectivity index (χ2v) is 3.62. The first-order valence-electron chi connectivity index (χ1n) is 4.87. The third-order valence-corrected chi connectivity index (χ3v) is 2.84. The molecule has 1 heteroatoms. The summed E-state index contributed by atoms with van der Waals surface area (Å²) in [6.45, 7) is 7.34. The summed E-state index contributed by atoms with van der Waals surface area (Å²) < 4.78 is 0. The van der Waals surface area contributed by atoms with Crippen LogP contribution in [0.4, 0.5) is 0 Å². The van der Waals surface area contributed by atoms with E-state index >= 15 is 0 Å². The van der Waals surface area contributed by atoms with Crippen molar-refractivity contribution in [1.29, 1.82) is 0 Å². The highest BCUT2D eigenvalue weighted by Crippen LogP contribution is 2.31. The maximum absolute atomic E-state index is 10.1. The molecule has 0 saturated heterocycles. The molecule has 72 valence electrons. The first-order valence-corrected chi connectivity index (χ1v) is 4.87. The van der Waals surface area contributed by atoms with E-state index < -0.39 is 5.60 Å². The highest BCUT2D eigenvalue weighted by molar-refractivity contribution is 5.12. The maximum Gasteiger partial charge on any atom is 0.103 e. The Bertz CT molecular complexity index is 197. The molecule has 0 aromatic heterocycles. The van der Waals surface area contributed by atoms with Crippen molar-refractivity contribution in [3.63, 3.8) is 0 Å². The van der Waals surface area contributed by atoms with E-state index in [1.165, 1.54) is 0 Å². The van der Waals surface area contributed by atoms with Crippen LogP contribution in [0, 0.1) is 5.92 Å². The molecule has 1 N–H and O–H groups in total. The number of rotatable bonds is 3. The minimum absolute atomic E-state index is 0.275. The van der Waals surface area contributed by atoms with E-state index in [9.17, 15) is 5.11 Å². The largest absolute Gasteiger partial charge is 0.381 e. The molecule has 0 fully saturated rings. The van der Waals surface area contributed by atoms with E-state index in [0.29, 0.717) is 0 Å². The van der Waals surface area contributed by atoms with Gasteiger partial charge in [0, 0.05) is 0 Å². The van der Waals surface area contributed by atoms with Gasteiger partial charge in [0.2, 0.25) is 0 Å². The Hall–Kier alpha value is -0.820. The van der Waals surface area contributed by atoms with Crippen molar-refractivity contribution < 1.29 is 5.11 Å². The first kappa shape index (κ1) is 10.3. The summed E-state index contributed by atoms with van der Waals surface area (Å²) in [5, 5.41) is 10.1. The third kappa shape index (κ3) is 2.31. The van der Waals surface area contributed by atoms with Crippen molar-refractivity contribution in [3.8, 4) is 0 Å². The molecule has 0 atom stereocenters. The molecule has 0 saturated carbocycles. The van der Waals surface area contributed by atoms with Crippen LogP contribution >= 0.6 is 0 Å². The SMILES string of the molecule is C=CC(O)(C=C)C1CCC=CCC1. The van der Waals surface area contributed by atoms with Gasteiger partial charge in [-0.2, -0.15) is 0 Å². The Balaban J connectivity index is 2.68. The third-order valence-electron chi connectivity index (χ3n) is 2.84. The van der Waals surface area contributed by atoms with E-state index in [2.05, 4.69) is 25.3 Å². The minimum atomic E-state index is -0.869. The van der Waals surface area contributed by atoms with Crippen LogP contribution in [-0.2, 0) is 0 Å². The van der Waals surface area contributed by atoms with Crippen molar-refractivity contribution >= 4 is 0 Å². The van der Waals surface area contributed by atoms with E-state index in [0.717, 1.165) is 25.7 Å². The number of aliphatic hydroxyl groups is 1. The molecule has 0 spiro atoms. The van der Waals surface area contributed by atoms with E-state index in [1.54, 1.807) is 12.2 Å². The zero-order chi connectivity index (χ0) is 9.73. The van der Waals surface area contributed by atoms with Crippen LogP contribution in [0.3, 0.4) is 0 Å². The Morgan fingerprint density at radius 2 is 1.62 bits per heavy atom. The summed E-state index contributed by atoms with van der Waals surface area (Å²) in [4.78, 5) is 0. The zero-order valence-electron chi connectivity index (χ0n) is 8.08. The van der Waals surface area contributed by atoms with Gasteiger partial charge in [-0.1, -0.05) is 37.5 Å². The fourth-order valence-electron chi connectivity index (χ4n) is 1.85. The van der Waals surface area contributed by atoms with Gasteiger partial charge in [-0.15, -0.1) is 0 Å². The Morgan fingerprint density at radius 3 is 2.00 bits per heavy atom. The van der Waals surface area contributed by atoms with Crippen LogP contribution in [0.1, 0.15) is 25.7 Å². The van der Waals surface area contributed by atoms with Crippen LogP contribution in [-0.4, -0.2) is 10.7 Å². The molecule has 1 aliphatic rings. The lowest BCUT2D eigenvalue weighted by molar-refractivity contribution is 0.0679. The molecule has 1 aliphatic carbocycles. The van der Waals surface area contributed by atoms with Gasteiger partial charge >= 0.3 is 0 Å². The monoisotopic (exact) mass is 178 g/mol. The summed E-state index contributed by atoms with van der Waals surface area (Å²) in [6, 6.07) is 0. The topological polar surface area (TPSA) is 20.2 Å². The van der Waals surface area contributed by atoms with Crippen molar-refractivity contribution in [2.45, 2.75) is 31.3 Å². The van der Waals surface area contributed by atoms with E-state index in [4.69, 9.17) is 0 Å². The summed E-state index contributed by atoms with van der Waals surface area (Å²) in [6.07, 6.45) is 11.7. The molecule has 0 aromatic rings. The summed E-state index contributed by atoms with van der Waals surface area (Å²) in [5.41, 5.74) is -0.869. The summed E-state index contributed by atoms with van der Waals surface area (Å²) in [5.74, 6) is 0.275. The quantitative estimate of drug-likeness (QED) is 0.659. The molecule has 0 aromatic carbocycles. The standard InChI is InChI=1S/C12H18O/c1-3-12(13,4-2)11-9-7-5-6-8-10-11/h3-6,11,13H,1-2,7-10H2. The summed E-state index contributed by atoms with van der Waals surface area (Å²) in [7, 11) is 0. The molecule has 0 aliphatic heterocycles. The molecule has 1 nitrogen and oxygen atoms in total. The van der Waals surface area contributed by atoms with Gasteiger partial charge in [0.15, 0.2) is 0 Å². The van der Waals surface area contributed by atoms with Crippen LogP contribution in [0.5, 0.6) is 0 Å². The van der Waals surface area contributed by atoms with E-state index in [1.807, 2.05) is 0 Å². The van der Waals surface area contributed by atoms with Gasteiger partial charge < -0.3 is 5.11 Å². The van der Waals surface area contributed by atoms with Gasteiger partial charge in [0.25, 0.3) is 0 Å². The molecule has 0 unspecified atom stereocenters. The molecule has 1 rings (SSSR count). The van der Waals surface area contributed by atoms with Crippen molar-refractivity contribution in [2.75, 3.05) is 0 Å². The van der Waals surface area contributed by atoms with Crippen LogP contribution < -0.4 is 0 Å². The van der Waals surface area contributed by atoms with Crippen LogP contribution in [0.15, 0.2) is 37.5 Å². The van der Waals surface area contributed by atoms with Gasteiger partial charge in [-0.05, 0) is 31.6 Å². The zero-order valence-corrected chi connectivity index (χ0v) is 8.08. The lowest BCUT2D eigenvalue weighted by Crippen LogP contribution is -2.32. The molecule has 0 bridgehead atoms. The molecular weight excluding hydrogens is 160 g/mol. The molecule has 0 radical (unpaired) electrons. The Morgan fingerprint density at radius 1 is 1.15 bits per heavy atom. The van der Waals surface area contributed by atoms with Crippen LogP contribution in [0.2, 0.25) is 0 Å². The smallest absolute Gasteiger partial charge is 0.103 e. The maximum atomic E-state index is 10.1. The fourth-order valence-corrected chi connectivity index (χ4v) is 1.85. The van der Waals surface area contributed by atoms with Crippen molar-refractivity contribution in [3.05, 3.63) is 37.5 Å². The Labute approximate surface area is 80.5 Å².